The number of carbonyl (C=O) groups is 2. The van der Waals surface area contributed by atoms with Crippen LogP contribution in [0.15, 0.2) is 54.6 Å². The third-order valence-electron chi connectivity index (χ3n) is 6.22. The number of anilines is 3. The normalized spacial score (nSPS) is 21.2. The van der Waals surface area contributed by atoms with Crippen molar-refractivity contribution in [2.75, 3.05) is 35.2 Å². The Kier molecular flexibility index (Phi) is 6.50. The van der Waals surface area contributed by atoms with Gasteiger partial charge in [0.05, 0.1) is 16.8 Å². The molecule has 1 unspecified atom stereocenters. The zero-order valence-corrected chi connectivity index (χ0v) is 20.3. The predicted molar refractivity (Wildman–Crippen MR) is 135 cm³/mol. The number of hydrogen-bond donors (Lipinski definition) is 2. The Bertz CT molecular complexity index is 1090. The highest BCUT2D eigenvalue weighted by molar-refractivity contribution is 6.33. The molecule has 1 fully saturated rings. The second-order valence-electron chi connectivity index (χ2n) is 9.79. The molecule has 2 aromatic carbocycles. The Morgan fingerprint density at radius 1 is 1.15 bits per heavy atom. The van der Waals surface area contributed by atoms with Gasteiger partial charge in [-0.05, 0) is 36.8 Å². The zero-order valence-electron chi connectivity index (χ0n) is 19.6. The van der Waals surface area contributed by atoms with Crippen molar-refractivity contribution >= 4 is 40.5 Å². The first-order valence-electron chi connectivity index (χ1n) is 11.3. The summed E-state index contributed by atoms with van der Waals surface area (Å²) in [6.07, 6.45) is 3.62. The lowest BCUT2D eigenvalue weighted by Gasteiger charge is -2.44. The van der Waals surface area contributed by atoms with Crippen LogP contribution in [-0.4, -0.2) is 42.4 Å². The van der Waals surface area contributed by atoms with E-state index in [2.05, 4.69) is 33.4 Å². The summed E-state index contributed by atoms with van der Waals surface area (Å²) in [5.41, 5.74) is 3.17. The maximum atomic E-state index is 12.3. The van der Waals surface area contributed by atoms with Gasteiger partial charge in [0.1, 0.15) is 0 Å². The van der Waals surface area contributed by atoms with Crippen LogP contribution in [0.3, 0.4) is 0 Å². The van der Waals surface area contributed by atoms with Gasteiger partial charge in [0.15, 0.2) is 0 Å². The fourth-order valence-corrected chi connectivity index (χ4v) is 4.67. The smallest absolute Gasteiger partial charge is 0.248 e. The van der Waals surface area contributed by atoms with E-state index < -0.39 is 5.41 Å². The quantitative estimate of drug-likeness (QED) is 0.661. The summed E-state index contributed by atoms with van der Waals surface area (Å²) in [5, 5.41) is 6.53. The number of nitrogens with one attached hydrogen (secondary N) is 2. The number of hydrogen-bond acceptors (Lipinski definition) is 4. The highest BCUT2D eigenvalue weighted by Crippen LogP contribution is 2.36. The van der Waals surface area contributed by atoms with Crippen molar-refractivity contribution in [1.29, 1.82) is 0 Å². The standard InChI is InChI=1S/C26H31ClN4O2/c1-17-16-30(22-11-12-24(32)29-21-8-6-5-7-19(21)22)13-14-31(17)23-10-9-18(15-20(23)27)28-25(33)26(2,3)4/h5-12,15,17,22H,13-14,16H2,1-4H3,(H,28,33)(H,29,32)/t17-,22?/m1/s1. The first-order valence-corrected chi connectivity index (χ1v) is 11.7. The van der Waals surface area contributed by atoms with Crippen LogP contribution in [0.1, 0.15) is 39.3 Å². The van der Waals surface area contributed by atoms with Crippen molar-refractivity contribution in [1.82, 2.24) is 4.90 Å². The molecule has 6 nitrogen and oxygen atoms in total. The van der Waals surface area contributed by atoms with Gasteiger partial charge < -0.3 is 15.5 Å². The molecule has 174 valence electrons. The molecule has 2 aliphatic heterocycles. The maximum absolute atomic E-state index is 12.3. The number of para-hydroxylation sites is 1. The Hall–Kier alpha value is -2.83. The molecule has 2 heterocycles. The molecule has 0 saturated carbocycles. The van der Waals surface area contributed by atoms with Crippen LogP contribution >= 0.6 is 11.6 Å². The highest BCUT2D eigenvalue weighted by atomic mass is 35.5. The molecular formula is C26H31ClN4O2. The van der Waals surface area contributed by atoms with E-state index in [9.17, 15) is 9.59 Å². The van der Waals surface area contributed by atoms with Crippen molar-refractivity contribution in [2.45, 2.75) is 39.8 Å². The predicted octanol–water partition coefficient (Wildman–Crippen LogP) is 5.08. The first kappa shape index (κ1) is 23.3. The molecule has 0 bridgehead atoms. The summed E-state index contributed by atoms with van der Waals surface area (Å²) >= 11 is 6.65. The van der Waals surface area contributed by atoms with Gasteiger partial charge in [0.25, 0.3) is 0 Å². The fraction of sp³-hybridized carbons (Fsp3) is 0.385. The van der Waals surface area contributed by atoms with E-state index >= 15 is 0 Å². The van der Waals surface area contributed by atoms with E-state index in [1.807, 2.05) is 63.2 Å². The van der Waals surface area contributed by atoms with Gasteiger partial charge in [-0.2, -0.15) is 0 Å². The molecule has 0 aliphatic carbocycles. The lowest BCUT2D eigenvalue weighted by atomic mass is 9.95. The van der Waals surface area contributed by atoms with Crippen LogP contribution in [-0.2, 0) is 9.59 Å². The topological polar surface area (TPSA) is 64.7 Å². The Labute approximate surface area is 200 Å². The van der Waals surface area contributed by atoms with Gasteiger partial charge in [0.2, 0.25) is 11.8 Å². The van der Waals surface area contributed by atoms with E-state index in [1.165, 1.54) is 0 Å². The zero-order chi connectivity index (χ0) is 23.8. The summed E-state index contributed by atoms with van der Waals surface area (Å²) in [4.78, 5) is 29.1. The molecular weight excluding hydrogens is 436 g/mol. The number of carbonyl (C=O) groups excluding carboxylic acids is 2. The molecule has 0 radical (unpaired) electrons. The van der Waals surface area contributed by atoms with Gasteiger partial charge in [-0.1, -0.05) is 56.6 Å². The second kappa shape index (κ2) is 9.20. The summed E-state index contributed by atoms with van der Waals surface area (Å²) in [5.74, 6) is -0.139. The molecule has 2 amide bonds. The van der Waals surface area contributed by atoms with Crippen LogP contribution in [0, 0.1) is 5.41 Å². The van der Waals surface area contributed by atoms with Crippen molar-refractivity contribution in [3.8, 4) is 0 Å². The largest absolute Gasteiger partial charge is 0.365 e. The minimum absolute atomic E-state index is 0.0372. The van der Waals surface area contributed by atoms with Gasteiger partial charge in [-0.15, -0.1) is 0 Å². The number of halogens is 1. The Morgan fingerprint density at radius 2 is 1.91 bits per heavy atom. The molecule has 2 aliphatic rings. The molecule has 2 N–H and O–H groups in total. The average molecular weight is 467 g/mol. The van der Waals surface area contributed by atoms with Gasteiger partial charge in [0, 0.05) is 48.5 Å². The van der Waals surface area contributed by atoms with E-state index in [0.29, 0.717) is 10.7 Å². The average Bonchev–Trinajstić information content (AvgIpc) is 2.92. The summed E-state index contributed by atoms with van der Waals surface area (Å²) < 4.78 is 0. The minimum Gasteiger partial charge on any atom is -0.365 e. The SMILES string of the molecule is C[C@@H]1CN(C2C=CC(=O)Nc3ccccc32)CCN1c1ccc(NC(=O)C(C)(C)C)cc1Cl. The van der Waals surface area contributed by atoms with Gasteiger partial charge >= 0.3 is 0 Å². The molecule has 2 aromatic rings. The second-order valence-corrected chi connectivity index (χ2v) is 10.2. The van der Waals surface area contributed by atoms with Crippen molar-refractivity contribution in [2.24, 2.45) is 5.41 Å². The number of fused-ring (bicyclic) bond motifs is 1. The monoisotopic (exact) mass is 466 g/mol. The van der Waals surface area contributed by atoms with E-state index in [1.54, 1.807) is 6.08 Å². The summed E-state index contributed by atoms with van der Waals surface area (Å²) in [6, 6.07) is 14.0. The fourth-order valence-electron chi connectivity index (χ4n) is 4.38. The van der Waals surface area contributed by atoms with E-state index in [0.717, 1.165) is 36.6 Å². The third-order valence-corrected chi connectivity index (χ3v) is 6.52. The first-order chi connectivity index (χ1) is 15.6. The van der Waals surface area contributed by atoms with Gasteiger partial charge in [-0.3, -0.25) is 14.5 Å². The number of nitrogens with zero attached hydrogens (tertiary/aromatic N) is 2. The van der Waals surface area contributed by atoms with Crippen LogP contribution in [0.25, 0.3) is 0 Å². The maximum Gasteiger partial charge on any atom is 0.248 e. The molecule has 1 saturated heterocycles. The molecule has 0 aromatic heterocycles. The van der Waals surface area contributed by atoms with Crippen LogP contribution in [0.5, 0.6) is 0 Å². The van der Waals surface area contributed by atoms with Gasteiger partial charge in [-0.25, -0.2) is 0 Å². The number of amides is 2. The Morgan fingerprint density at radius 3 is 2.61 bits per heavy atom. The van der Waals surface area contributed by atoms with Crippen molar-refractivity contribution in [3.63, 3.8) is 0 Å². The molecule has 33 heavy (non-hydrogen) atoms. The molecule has 7 heteroatoms. The molecule has 4 rings (SSSR count). The van der Waals surface area contributed by atoms with Crippen LogP contribution in [0.2, 0.25) is 5.02 Å². The van der Waals surface area contributed by atoms with E-state index in [4.69, 9.17) is 11.6 Å². The summed E-state index contributed by atoms with van der Waals surface area (Å²) in [7, 11) is 0. The number of benzene rings is 2. The van der Waals surface area contributed by atoms with E-state index in [-0.39, 0.29) is 23.9 Å². The third kappa shape index (κ3) is 5.07. The molecule has 0 spiro atoms. The highest BCUT2D eigenvalue weighted by Gasteiger charge is 2.31. The summed E-state index contributed by atoms with van der Waals surface area (Å²) in [6.45, 7) is 10.3. The van der Waals surface area contributed by atoms with Crippen molar-refractivity contribution < 1.29 is 9.59 Å². The number of rotatable bonds is 3. The Balaban J connectivity index is 1.50. The molecule has 2 atom stereocenters. The van der Waals surface area contributed by atoms with Crippen LogP contribution < -0.4 is 15.5 Å². The van der Waals surface area contributed by atoms with Crippen molar-refractivity contribution in [3.05, 3.63) is 65.2 Å². The number of piperazine rings is 1. The lowest BCUT2D eigenvalue weighted by molar-refractivity contribution is -0.123. The minimum atomic E-state index is -0.471. The van der Waals surface area contributed by atoms with Crippen LogP contribution in [0.4, 0.5) is 17.1 Å². The lowest BCUT2D eigenvalue weighted by Crippen LogP contribution is -2.52.